The normalized spacial score (nSPS) is 37.6. The van der Waals surface area contributed by atoms with Gasteiger partial charge in [0.05, 0.1) is 13.0 Å². The van der Waals surface area contributed by atoms with Crippen LogP contribution in [0.25, 0.3) is 0 Å². The Morgan fingerprint density at radius 1 is 1.25 bits per heavy atom. The van der Waals surface area contributed by atoms with Crippen LogP contribution >= 0.6 is 0 Å². The van der Waals surface area contributed by atoms with Gasteiger partial charge in [-0.3, -0.25) is 14.5 Å². The summed E-state index contributed by atoms with van der Waals surface area (Å²) in [6.07, 6.45) is -0.962. The van der Waals surface area contributed by atoms with Crippen LogP contribution in [0.2, 0.25) is 44.8 Å². The summed E-state index contributed by atoms with van der Waals surface area (Å²) in [5.41, 5.74) is 0.832. The fourth-order valence-electron chi connectivity index (χ4n) is 3.80. The molecule has 0 spiro atoms. The molecular formula is C21H34FNO6Si3. The third-order valence-electron chi connectivity index (χ3n) is 5.78. The van der Waals surface area contributed by atoms with Crippen LogP contribution in [0.3, 0.4) is 0 Å². The predicted molar refractivity (Wildman–Crippen MR) is 125 cm³/mol. The Morgan fingerprint density at radius 3 is 2.47 bits per heavy atom. The second-order valence-electron chi connectivity index (χ2n) is 10.6. The van der Waals surface area contributed by atoms with Crippen molar-refractivity contribution >= 4 is 36.9 Å². The van der Waals surface area contributed by atoms with Gasteiger partial charge in [-0.1, -0.05) is 39.4 Å². The van der Waals surface area contributed by atoms with Crippen LogP contribution in [0, 0.1) is 11.5 Å². The molecule has 3 rings (SSSR count). The van der Waals surface area contributed by atoms with Gasteiger partial charge in [-0.25, -0.2) is 4.39 Å². The van der Waals surface area contributed by atoms with E-state index in [4.69, 9.17) is 17.7 Å². The molecule has 2 saturated heterocycles. The zero-order valence-electron chi connectivity index (χ0n) is 20.2. The molecule has 11 heteroatoms. The molecule has 3 heterocycles. The first-order chi connectivity index (χ1) is 14.6. The Kier molecular flexibility index (Phi) is 6.83. The van der Waals surface area contributed by atoms with E-state index in [-0.39, 0.29) is 24.4 Å². The van der Waals surface area contributed by atoms with Crippen LogP contribution in [-0.4, -0.2) is 72.5 Å². The number of ketones is 1. The van der Waals surface area contributed by atoms with E-state index < -0.39 is 55.2 Å². The lowest BCUT2D eigenvalue weighted by Crippen LogP contribution is -2.62. The average molecular weight is 500 g/mol. The molecule has 0 radical (unpaired) electrons. The van der Waals surface area contributed by atoms with Gasteiger partial charge >= 0.3 is 17.1 Å². The van der Waals surface area contributed by atoms with Crippen LogP contribution in [0.1, 0.15) is 20.3 Å². The predicted octanol–water partition coefficient (Wildman–Crippen LogP) is 3.23. The molecular weight excluding hydrogens is 465 g/mol. The summed E-state index contributed by atoms with van der Waals surface area (Å²) in [6, 6.07) is 0. The molecule has 0 N–H and O–H groups in total. The summed E-state index contributed by atoms with van der Waals surface area (Å²) in [6.45, 7) is 15.9. The van der Waals surface area contributed by atoms with Gasteiger partial charge in [0.15, 0.2) is 12.0 Å². The minimum atomic E-state index is -2.90. The van der Waals surface area contributed by atoms with Gasteiger partial charge in [0.25, 0.3) is 0 Å². The van der Waals surface area contributed by atoms with Crippen molar-refractivity contribution in [2.45, 2.75) is 89.2 Å². The first kappa shape index (κ1) is 25.5. The van der Waals surface area contributed by atoms with Crippen LogP contribution < -0.4 is 0 Å². The monoisotopic (exact) mass is 499 g/mol. The number of fused-ring (bicyclic) bond motifs is 1. The van der Waals surface area contributed by atoms with Crippen LogP contribution in [-0.2, 0) is 27.3 Å². The Labute approximate surface area is 193 Å². The van der Waals surface area contributed by atoms with Crippen molar-refractivity contribution in [3.05, 3.63) is 12.3 Å². The third kappa shape index (κ3) is 5.16. The molecule has 0 bridgehead atoms. The Morgan fingerprint density at radius 2 is 1.91 bits per heavy atom. The van der Waals surface area contributed by atoms with E-state index in [1.165, 1.54) is 12.3 Å². The van der Waals surface area contributed by atoms with Crippen molar-refractivity contribution in [3.8, 4) is 11.5 Å². The van der Waals surface area contributed by atoms with Crippen molar-refractivity contribution in [2.24, 2.45) is 0 Å². The summed E-state index contributed by atoms with van der Waals surface area (Å²) >= 11 is 0. The number of hydrogen-bond acceptors (Lipinski definition) is 6. The summed E-state index contributed by atoms with van der Waals surface area (Å²) in [5, 5.41) is 0. The second kappa shape index (κ2) is 8.57. The van der Waals surface area contributed by atoms with Gasteiger partial charge in [-0.05, 0) is 31.3 Å². The zero-order valence-corrected chi connectivity index (χ0v) is 23.2. The van der Waals surface area contributed by atoms with E-state index in [9.17, 15) is 9.59 Å². The molecule has 178 valence electrons. The molecule has 32 heavy (non-hydrogen) atoms. The number of nitrogens with zero attached hydrogens (tertiary/aromatic N) is 1. The number of rotatable bonds is 2. The highest BCUT2D eigenvalue weighted by Crippen LogP contribution is 2.44. The van der Waals surface area contributed by atoms with E-state index in [0.717, 1.165) is 4.90 Å². The maximum Gasteiger partial charge on any atom is 0.329 e. The Bertz CT molecular complexity index is 879. The molecule has 0 aromatic carbocycles. The van der Waals surface area contributed by atoms with Crippen LogP contribution in [0.5, 0.6) is 0 Å². The number of allylic oxidation sites excluding steroid dienone is 1. The molecule has 3 aliphatic rings. The fourth-order valence-corrected chi connectivity index (χ4v) is 11.3. The van der Waals surface area contributed by atoms with E-state index in [1.807, 2.05) is 53.1 Å². The SMILES string of the molecule is CC(C)[Si]1(C)O[C@@H]2[C@@H](CO[Si](C)(C)O1)O[C@@H](N1C=CC(=O)CC1=O)[C@@]2(F)C#C[Si](C)(C)C. The van der Waals surface area contributed by atoms with E-state index in [0.29, 0.717) is 0 Å². The van der Waals surface area contributed by atoms with E-state index >= 15 is 4.39 Å². The summed E-state index contributed by atoms with van der Waals surface area (Å²) < 4.78 is 42.2. The van der Waals surface area contributed by atoms with E-state index in [1.54, 1.807) is 0 Å². The fraction of sp³-hybridized carbons (Fsp3) is 0.714. The highest BCUT2D eigenvalue weighted by Gasteiger charge is 2.64. The topological polar surface area (TPSA) is 74.3 Å². The smallest absolute Gasteiger partial charge is 0.329 e. The Hall–Kier alpha value is -1.14. The molecule has 0 aromatic heterocycles. The van der Waals surface area contributed by atoms with Crippen molar-refractivity contribution < 1.29 is 31.7 Å². The molecule has 5 atom stereocenters. The number of carbonyl (C=O) groups excluding carboxylic acids is 2. The van der Waals surface area contributed by atoms with Crippen molar-refractivity contribution in [2.75, 3.05) is 6.61 Å². The average Bonchev–Trinajstić information content (AvgIpc) is 2.89. The highest BCUT2D eigenvalue weighted by molar-refractivity contribution is 6.84. The molecule has 1 amide bonds. The number of alkyl halides is 1. The third-order valence-corrected chi connectivity index (χ3v) is 13.9. The van der Waals surface area contributed by atoms with Gasteiger partial charge in [0.2, 0.25) is 11.6 Å². The lowest BCUT2D eigenvalue weighted by Gasteiger charge is -2.44. The van der Waals surface area contributed by atoms with Gasteiger partial charge in [-0.15, -0.1) is 5.54 Å². The molecule has 3 aliphatic heterocycles. The van der Waals surface area contributed by atoms with Crippen molar-refractivity contribution in [3.63, 3.8) is 0 Å². The second-order valence-corrected chi connectivity index (χ2v) is 22.7. The summed E-state index contributed by atoms with van der Waals surface area (Å²) in [7, 11) is -7.42. The van der Waals surface area contributed by atoms with Crippen molar-refractivity contribution in [1.29, 1.82) is 0 Å². The lowest BCUT2D eigenvalue weighted by molar-refractivity contribution is -0.148. The molecule has 1 unspecified atom stereocenters. The molecule has 7 nitrogen and oxygen atoms in total. The molecule has 0 aliphatic carbocycles. The lowest BCUT2D eigenvalue weighted by atomic mass is 9.96. The first-order valence-corrected chi connectivity index (χ1v) is 19.7. The molecule has 0 saturated carbocycles. The minimum Gasteiger partial charge on any atom is -0.415 e. The number of hydrogen-bond donors (Lipinski definition) is 0. The summed E-state index contributed by atoms with van der Waals surface area (Å²) in [5.74, 6) is 1.98. The zero-order chi connectivity index (χ0) is 24.1. The van der Waals surface area contributed by atoms with Gasteiger partial charge in [0.1, 0.15) is 20.3 Å². The number of ether oxygens (including phenoxy) is 1. The quantitative estimate of drug-likeness (QED) is 0.330. The van der Waals surface area contributed by atoms with Crippen LogP contribution in [0.4, 0.5) is 4.39 Å². The molecule has 2 fully saturated rings. The minimum absolute atomic E-state index is 0.0269. The van der Waals surface area contributed by atoms with Gasteiger partial charge in [0, 0.05) is 6.20 Å². The van der Waals surface area contributed by atoms with E-state index in [2.05, 4.69) is 11.5 Å². The Balaban J connectivity index is 2.10. The highest BCUT2D eigenvalue weighted by atomic mass is 28.5. The molecule has 0 aromatic rings. The van der Waals surface area contributed by atoms with Crippen LogP contribution in [0.15, 0.2) is 12.3 Å². The largest absolute Gasteiger partial charge is 0.415 e. The maximum atomic E-state index is 17.0. The number of halogens is 1. The number of amides is 1. The standard InChI is InChI=1S/C21H34FNO6Si3/c1-15(2)32(8)28-19-17(14-26-31(6,7)29-32)27-20(21(19,22)10-12-30(3,4)5)23-11-9-16(24)13-18(23)25/h9,11,15,17,19-20H,13-14H2,1-8H3/t17-,19-,20-,21-,32?/m1/s1. The number of carbonyl (C=O) groups is 2. The van der Waals surface area contributed by atoms with Gasteiger partial charge in [-0.2, -0.15) is 0 Å². The van der Waals surface area contributed by atoms with Crippen molar-refractivity contribution in [1.82, 2.24) is 4.90 Å². The first-order valence-electron chi connectivity index (χ1n) is 11.0. The summed E-state index contributed by atoms with van der Waals surface area (Å²) in [4.78, 5) is 25.5. The maximum absolute atomic E-state index is 17.0. The van der Waals surface area contributed by atoms with Gasteiger partial charge < -0.3 is 17.7 Å².